The first-order chi connectivity index (χ1) is 6.65. The summed E-state index contributed by atoms with van der Waals surface area (Å²) >= 11 is 2.13. The molecule has 1 N–H and O–H groups in total. The van der Waals surface area contributed by atoms with E-state index < -0.39 is 0 Å². The van der Waals surface area contributed by atoms with Gasteiger partial charge >= 0.3 is 0 Å². The Morgan fingerprint density at radius 2 is 2.07 bits per heavy atom. The normalized spacial score (nSPS) is 48.6. The van der Waals surface area contributed by atoms with Crippen LogP contribution in [0.3, 0.4) is 0 Å². The zero-order valence-electron chi connectivity index (χ0n) is 9.33. The number of fused-ring (bicyclic) bond motifs is 1. The highest BCUT2D eigenvalue weighted by Crippen LogP contribution is 2.49. The van der Waals surface area contributed by atoms with E-state index in [0.29, 0.717) is 11.2 Å². The van der Waals surface area contributed by atoms with Crippen LogP contribution in [0, 0.1) is 5.92 Å². The molecule has 2 rings (SSSR count). The zero-order chi connectivity index (χ0) is 10.2. The van der Waals surface area contributed by atoms with Gasteiger partial charge in [-0.3, -0.25) is 0 Å². The molecule has 0 amide bonds. The molecule has 4 atom stereocenters. The number of aliphatic hydroxyl groups is 1. The average molecular weight is 214 g/mol. The summed E-state index contributed by atoms with van der Waals surface area (Å²) in [6.07, 6.45) is 7.25. The fourth-order valence-electron chi connectivity index (χ4n) is 3.28. The van der Waals surface area contributed by atoms with Gasteiger partial charge in [-0.25, -0.2) is 0 Å². The van der Waals surface area contributed by atoms with Gasteiger partial charge in [-0.2, -0.15) is 11.8 Å². The minimum atomic E-state index is -0.338. The van der Waals surface area contributed by atoms with Crippen LogP contribution in [0.2, 0.25) is 0 Å². The van der Waals surface area contributed by atoms with Crippen molar-refractivity contribution in [3.63, 3.8) is 0 Å². The molecular formula is C12H22OS. The van der Waals surface area contributed by atoms with E-state index in [2.05, 4.69) is 25.6 Å². The van der Waals surface area contributed by atoms with Crippen LogP contribution in [-0.4, -0.2) is 21.2 Å². The minimum absolute atomic E-state index is 0.338. The molecule has 0 radical (unpaired) electrons. The molecule has 2 aliphatic rings. The first kappa shape index (κ1) is 10.8. The second kappa shape index (κ2) is 4.05. The van der Waals surface area contributed by atoms with Gasteiger partial charge in [0.15, 0.2) is 0 Å². The molecule has 1 saturated carbocycles. The Bertz CT molecular complexity index is 206. The summed E-state index contributed by atoms with van der Waals surface area (Å²) in [5, 5.41) is 12.0. The average Bonchev–Trinajstić information content (AvgIpc) is 2.17. The number of rotatable bonds is 1. The van der Waals surface area contributed by atoms with Gasteiger partial charge in [-0.05, 0) is 31.6 Å². The summed E-state index contributed by atoms with van der Waals surface area (Å²) in [5.41, 5.74) is -0.338. The fourth-order valence-corrected chi connectivity index (χ4v) is 5.14. The molecule has 0 unspecified atom stereocenters. The second-order valence-electron chi connectivity index (χ2n) is 5.04. The molecular weight excluding hydrogens is 192 g/mol. The lowest BCUT2D eigenvalue weighted by molar-refractivity contribution is -0.0447. The van der Waals surface area contributed by atoms with Crippen LogP contribution in [0.5, 0.6) is 0 Å². The van der Waals surface area contributed by atoms with E-state index in [0.717, 1.165) is 18.1 Å². The minimum Gasteiger partial charge on any atom is -0.390 e. The van der Waals surface area contributed by atoms with Crippen molar-refractivity contribution >= 4 is 11.8 Å². The van der Waals surface area contributed by atoms with Crippen LogP contribution in [-0.2, 0) is 0 Å². The number of thioether (sulfide) groups is 1. The van der Waals surface area contributed by atoms with Gasteiger partial charge in [0.2, 0.25) is 0 Å². The van der Waals surface area contributed by atoms with Crippen molar-refractivity contribution < 1.29 is 5.11 Å². The van der Waals surface area contributed by atoms with Crippen LogP contribution in [0.1, 0.15) is 52.4 Å². The van der Waals surface area contributed by atoms with Gasteiger partial charge in [-0.1, -0.05) is 26.7 Å². The molecule has 14 heavy (non-hydrogen) atoms. The zero-order valence-corrected chi connectivity index (χ0v) is 10.1. The molecule has 82 valence electrons. The Kier molecular flexibility index (Phi) is 3.13. The van der Waals surface area contributed by atoms with Gasteiger partial charge in [0.25, 0.3) is 0 Å². The van der Waals surface area contributed by atoms with Crippen molar-refractivity contribution in [3.8, 4) is 0 Å². The first-order valence-electron chi connectivity index (χ1n) is 6.03. The molecule has 2 heteroatoms. The maximum atomic E-state index is 10.6. The third-order valence-corrected chi connectivity index (χ3v) is 5.60. The predicted octanol–water partition coefficient (Wildman–Crippen LogP) is 3.21. The predicted molar refractivity (Wildman–Crippen MR) is 62.7 cm³/mol. The second-order valence-corrected chi connectivity index (χ2v) is 6.72. The first-order valence-corrected chi connectivity index (χ1v) is 6.98. The lowest BCUT2D eigenvalue weighted by Gasteiger charge is -2.48. The highest BCUT2D eigenvalue weighted by atomic mass is 32.2. The van der Waals surface area contributed by atoms with E-state index in [4.69, 9.17) is 0 Å². The highest BCUT2D eigenvalue weighted by Gasteiger charge is 2.46. The third kappa shape index (κ3) is 1.83. The van der Waals surface area contributed by atoms with Crippen molar-refractivity contribution in [2.45, 2.75) is 68.5 Å². The smallest absolute Gasteiger partial charge is 0.0694 e. The summed E-state index contributed by atoms with van der Waals surface area (Å²) in [7, 11) is 0. The summed E-state index contributed by atoms with van der Waals surface area (Å²) in [4.78, 5) is 0. The van der Waals surface area contributed by atoms with Crippen molar-refractivity contribution in [2.75, 3.05) is 0 Å². The molecule has 1 saturated heterocycles. The van der Waals surface area contributed by atoms with Crippen LogP contribution in [0.4, 0.5) is 0 Å². The largest absolute Gasteiger partial charge is 0.390 e. The molecule has 0 aromatic carbocycles. The van der Waals surface area contributed by atoms with Gasteiger partial charge < -0.3 is 5.11 Å². The fraction of sp³-hybridized carbons (Fsp3) is 1.00. The van der Waals surface area contributed by atoms with E-state index in [1.165, 1.54) is 25.7 Å². The molecule has 1 heterocycles. The monoisotopic (exact) mass is 214 g/mol. The van der Waals surface area contributed by atoms with Crippen molar-refractivity contribution in [2.24, 2.45) is 5.92 Å². The highest BCUT2D eigenvalue weighted by molar-refractivity contribution is 8.00. The summed E-state index contributed by atoms with van der Waals surface area (Å²) in [6.45, 7) is 4.42. The summed E-state index contributed by atoms with van der Waals surface area (Å²) < 4.78 is 0. The molecule has 0 bridgehead atoms. The molecule has 2 fully saturated rings. The Morgan fingerprint density at radius 1 is 1.36 bits per heavy atom. The quantitative estimate of drug-likeness (QED) is 0.723. The van der Waals surface area contributed by atoms with E-state index in [1.54, 1.807) is 0 Å². The van der Waals surface area contributed by atoms with Gasteiger partial charge in [0.1, 0.15) is 0 Å². The Labute approximate surface area is 91.7 Å². The van der Waals surface area contributed by atoms with Gasteiger partial charge in [0, 0.05) is 10.5 Å². The number of hydrogen-bond acceptors (Lipinski definition) is 2. The maximum absolute atomic E-state index is 10.6. The molecule has 1 aliphatic heterocycles. The molecule has 1 nitrogen and oxygen atoms in total. The van der Waals surface area contributed by atoms with E-state index in [9.17, 15) is 5.11 Å². The van der Waals surface area contributed by atoms with Crippen molar-refractivity contribution in [3.05, 3.63) is 0 Å². The van der Waals surface area contributed by atoms with Crippen molar-refractivity contribution in [1.82, 2.24) is 0 Å². The SMILES string of the molecule is CC[C@]1(O)C[C@H](C)S[C@H]2CCCC[C@@H]21. The number of hydrogen-bond donors (Lipinski definition) is 1. The topological polar surface area (TPSA) is 20.2 Å². The molecule has 0 spiro atoms. The molecule has 1 aliphatic carbocycles. The maximum Gasteiger partial charge on any atom is 0.0694 e. The molecule has 0 aromatic rings. The Balaban J connectivity index is 2.15. The lowest BCUT2D eigenvalue weighted by Crippen LogP contribution is -2.49. The summed E-state index contributed by atoms with van der Waals surface area (Å²) in [6, 6.07) is 0. The van der Waals surface area contributed by atoms with Gasteiger partial charge in [0.05, 0.1) is 5.60 Å². The Morgan fingerprint density at radius 3 is 2.79 bits per heavy atom. The van der Waals surface area contributed by atoms with Crippen LogP contribution in [0.25, 0.3) is 0 Å². The van der Waals surface area contributed by atoms with E-state index in [1.807, 2.05) is 0 Å². The summed E-state index contributed by atoms with van der Waals surface area (Å²) in [5.74, 6) is 0.586. The third-order valence-electron chi connectivity index (χ3n) is 4.05. The van der Waals surface area contributed by atoms with Crippen molar-refractivity contribution in [1.29, 1.82) is 0 Å². The van der Waals surface area contributed by atoms with Crippen LogP contribution in [0.15, 0.2) is 0 Å². The van der Waals surface area contributed by atoms with E-state index >= 15 is 0 Å². The molecule has 0 aromatic heterocycles. The van der Waals surface area contributed by atoms with Crippen LogP contribution < -0.4 is 0 Å². The Hall–Kier alpha value is 0.310. The van der Waals surface area contributed by atoms with Gasteiger partial charge in [-0.15, -0.1) is 0 Å². The lowest BCUT2D eigenvalue weighted by atomic mass is 9.72. The van der Waals surface area contributed by atoms with E-state index in [-0.39, 0.29) is 5.60 Å². The van der Waals surface area contributed by atoms with Crippen LogP contribution >= 0.6 is 11.8 Å². The standard InChI is InChI=1S/C12H22OS/c1-3-12(13)8-9(2)14-11-7-5-4-6-10(11)12/h9-11,13H,3-8H2,1-2H3/t9-,10-,11-,12-/m0/s1.